The van der Waals surface area contributed by atoms with Crippen molar-refractivity contribution >= 4 is 11.5 Å². The van der Waals surface area contributed by atoms with Crippen LogP contribution in [0.15, 0.2) is 30.5 Å². The van der Waals surface area contributed by atoms with E-state index in [-0.39, 0.29) is 6.61 Å². The molecule has 0 spiro atoms. The van der Waals surface area contributed by atoms with E-state index in [1.54, 1.807) is 6.20 Å². The minimum absolute atomic E-state index is 0.0903. The minimum Gasteiger partial charge on any atom is -0.392 e. The molecule has 0 fully saturated rings. The smallest absolute Gasteiger partial charge is 0.115 e. The topological polar surface area (TPSA) is 53.4 Å². The molecular formula is C14H17NO2S. The summed E-state index contributed by atoms with van der Waals surface area (Å²) in [7, 11) is 0. The van der Waals surface area contributed by atoms with Crippen LogP contribution in [-0.2, 0) is 6.61 Å². The van der Waals surface area contributed by atoms with Crippen molar-refractivity contribution in [2.75, 3.05) is 0 Å². The van der Waals surface area contributed by atoms with Crippen LogP contribution < -0.4 is 0 Å². The number of aromatic nitrogens is 1. The maximum absolute atomic E-state index is 10.3. The third-order valence-corrected chi connectivity index (χ3v) is 3.91. The Morgan fingerprint density at radius 1 is 1.17 bits per heavy atom. The van der Waals surface area contributed by atoms with Gasteiger partial charge in [0.15, 0.2) is 0 Å². The first-order chi connectivity index (χ1) is 8.63. The molecule has 1 aromatic carbocycles. The van der Waals surface area contributed by atoms with Crippen LogP contribution in [0.5, 0.6) is 0 Å². The molecule has 1 atom stereocenters. The quantitative estimate of drug-likeness (QED) is 0.892. The molecule has 18 heavy (non-hydrogen) atoms. The normalized spacial score (nSPS) is 12.9. The van der Waals surface area contributed by atoms with Crippen molar-refractivity contribution in [2.45, 2.75) is 32.5 Å². The molecule has 0 saturated heterocycles. The van der Waals surface area contributed by atoms with Gasteiger partial charge in [0.2, 0.25) is 0 Å². The van der Waals surface area contributed by atoms with Gasteiger partial charge in [0.1, 0.15) is 6.10 Å². The van der Waals surface area contributed by atoms with Crippen LogP contribution in [0.2, 0.25) is 0 Å². The first kappa shape index (κ1) is 13.2. The third kappa shape index (κ3) is 2.61. The molecular weight excluding hydrogens is 246 g/mol. The third-order valence-electron chi connectivity index (χ3n) is 3.01. The lowest BCUT2D eigenvalue weighted by Crippen LogP contribution is -2.01. The van der Waals surface area contributed by atoms with Crippen LogP contribution in [0.3, 0.4) is 0 Å². The molecule has 96 valence electrons. The number of aliphatic hydroxyl groups is 2. The zero-order chi connectivity index (χ0) is 13.1. The predicted octanol–water partition coefficient (Wildman–Crippen LogP) is 2.84. The maximum Gasteiger partial charge on any atom is 0.115 e. The van der Waals surface area contributed by atoms with Gasteiger partial charge in [-0.25, -0.2) is 4.37 Å². The van der Waals surface area contributed by atoms with Crippen LogP contribution in [0, 0.1) is 0 Å². The molecule has 0 aliphatic heterocycles. The number of nitrogens with zero attached hydrogens (tertiary/aromatic N) is 1. The molecule has 4 heteroatoms. The Kier molecular flexibility index (Phi) is 4.11. The highest BCUT2D eigenvalue weighted by molar-refractivity contribution is 7.06. The van der Waals surface area contributed by atoms with Gasteiger partial charge in [-0.15, -0.1) is 0 Å². The number of rotatable bonds is 4. The van der Waals surface area contributed by atoms with Crippen molar-refractivity contribution in [1.29, 1.82) is 0 Å². The van der Waals surface area contributed by atoms with Crippen LogP contribution in [0.4, 0.5) is 0 Å². The Morgan fingerprint density at radius 2 is 1.78 bits per heavy atom. The Labute approximate surface area is 111 Å². The first-order valence-corrected chi connectivity index (χ1v) is 6.73. The summed E-state index contributed by atoms with van der Waals surface area (Å²) in [4.78, 5) is 0.717. The lowest BCUT2D eigenvalue weighted by atomic mass is 9.99. The zero-order valence-electron chi connectivity index (χ0n) is 10.5. The summed E-state index contributed by atoms with van der Waals surface area (Å²) in [6.07, 6.45) is 0.895. The fourth-order valence-corrected chi connectivity index (χ4v) is 2.59. The fourth-order valence-electron chi connectivity index (χ4n) is 1.83. The van der Waals surface area contributed by atoms with Crippen LogP contribution >= 0.6 is 11.5 Å². The number of hydrogen-bond donors (Lipinski definition) is 2. The largest absolute Gasteiger partial charge is 0.392 e. The van der Waals surface area contributed by atoms with Crippen LogP contribution in [0.1, 0.15) is 47.4 Å². The Balaban J connectivity index is 2.26. The summed E-state index contributed by atoms with van der Waals surface area (Å²) in [6, 6.07) is 7.92. The Morgan fingerprint density at radius 3 is 2.33 bits per heavy atom. The van der Waals surface area contributed by atoms with Gasteiger partial charge in [-0.3, -0.25) is 0 Å². The first-order valence-electron chi connectivity index (χ1n) is 5.95. The zero-order valence-corrected chi connectivity index (χ0v) is 11.3. The highest BCUT2D eigenvalue weighted by atomic mass is 32.1. The van der Waals surface area contributed by atoms with Crippen LogP contribution in [0.25, 0.3) is 0 Å². The highest BCUT2D eigenvalue weighted by Crippen LogP contribution is 2.29. The monoisotopic (exact) mass is 263 g/mol. The van der Waals surface area contributed by atoms with Gasteiger partial charge in [-0.2, -0.15) is 0 Å². The van der Waals surface area contributed by atoms with E-state index in [2.05, 4.69) is 18.2 Å². The SMILES string of the molecule is CC(C)c1ccc([C@@H](O)c2sncc2CO)cc1. The van der Waals surface area contributed by atoms with E-state index in [9.17, 15) is 10.2 Å². The second-order valence-corrected chi connectivity index (χ2v) is 5.43. The van der Waals surface area contributed by atoms with Gasteiger partial charge in [-0.05, 0) is 28.6 Å². The van der Waals surface area contributed by atoms with E-state index in [1.807, 2.05) is 24.3 Å². The van der Waals surface area contributed by atoms with Gasteiger partial charge in [0.25, 0.3) is 0 Å². The number of hydrogen-bond acceptors (Lipinski definition) is 4. The van der Waals surface area contributed by atoms with Gasteiger partial charge in [0.05, 0.1) is 11.5 Å². The van der Waals surface area contributed by atoms with E-state index in [0.717, 1.165) is 10.4 Å². The summed E-state index contributed by atoms with van der Waals surface area (Å²) in [5, 5.41) is 19.5. The van der Waals surface area contributed by atoms with E-state index >= 15 is 0 Å². The number of aliphatic hydroxyl groups excluding tert-OH is 2. The predicted molar refractivity (Wildman–Crippen MR) is 72.6 cm³/mol. The molecule has 0 radical (unpaired) electrons. The van der Waals surface area contributed by atoms with Crippen molar-refractivity contribution in [2.24, 2.45) is 0 Å². The highest BCUT2D eigenvalue weighted by Gasteiger charge is 2.16. The summed E-state index contributed by atoms with van der Waals surface area (Å²) in [6.45, 7) is 4.18. The number of benzene rings is 1. The average molecular weight is 263 g/mol. The van der Waals surface area contributed by atoms with Crippen molar-refractivity contribution in [3.05, 3.63) is 52.0 Å². The summed E-state index contributed by atoms with van der Waals surface area (Å²) < 4.78 is 4.01. The van der Waals surface area contributed by atoms with E-state index in [4.69, 9.17) is 0 Å². The average Bonchev–Trinajstić information content (AvgIpc) is 2.86. The van der Waals surface area contributed by atoms with Gasteiger partial charge in [0, 0.05) is 11.8 Å². The second kappa shape index (κ2) is 5.61. The molecule has 1 heterocycles. The molecule has 3 nitrogen and oxygen atoms in total. The molecule has 0 saturated carbocycles. The Bertz CT molecular complexity index is 505. The molecule has 1 aromatic heterocycles. The molecule has 0 unspecified atom stereocenters. The minimum atomic E-state index is -0.708. The second-order valence-electron chi connectivity index (χ2n) is 4.60. The lowest BCUT2D eigenvalue weighted by Gasteiger charge is -2.12. The lowest BCUT2D eigenvalue weighted by molar-refractivity contribution is 0.217. The van der Waals surface area contributed by atoms with Crippen molar-refractivity contribution in [3.8, 4) is 0 Å². The van der Waals surface area contributed by atoms with Crippen LogP contribution in [-0.4, -0.2) is 14.6 Å². The molecule has 0 aliphatic carbocycles. The van der Waals surface area contributed by atoms with Crippen molar-refractivity contribution in [1.82, 2.24) is 4.37 Å². The Hall–Kier alpha value is -1.23. The molecule has 0 amide bonds. The van der Waals surface area contributed by atoms with E-state index in [1.165, 1.54) is 17.1 Å². The van der Waals surface area contributed by atoms with E-state index < -0.39 is 6.10 Å². The van der Waals surface area contributed by atoms with Gasteiger partial charge < -0.3 is 10.2 Å². The van der Waals surface area contributed by atoms with Crippen molar-refractivity contribution in [3.63, 3.8) is 0 Å². The molecule has 2 aromatic rings. The van der Waals surface area contributed by atoms with Gasteiger partial charge >= 0.3 is 0 Å². The molecule has 2 rings (SSSR count). The van der Waals surface area contributed by atoms with Gasteiger partial charge in [-0.1, -0.05) is 38.1 Å². The summed E-state index contributed by atoms with van der Waals surface area (Å²) >= 11 is 1.23. The molecule has 2 N–H and O–H groups in total. The fraction of sp³-hybridized carbons (Fsp3) is 0.357. The maximum atomic E-state index is 10.3. The van der Waals surface area contributed by atoms with E-state index in [0.29, 0.717) is 11.5 Å². The molecule has 0 aliphatic rings. The molecule has 0 bridgehead atoms. The standard InChI is InChI=1S/C14H17NO2S/c1-9(2)10-3-5-11(6-4-10)13(17)14-12(8-16)7-15-18-14/h3-7,9,13,16-17H,8H2,1-2H3/t13-/m1/s1. The summed E-state index contributed by atoms with van der Waals surface area (Å²) in [5.74, 6) is 0.479. The summed E-state index contributed by atoms with van der Waals surface area (Å²) in [5.41, 5.74) is 2.77. The van der Waals surface area contributed by atoms with Crippen molar-refractivity contribution < 1.29 is 10.2 Å².